The standard InChI is InChI=1S/C9H14O2/c1-6-2-4-7(5-3-6)8-9(10)11-8/h2,7-10H,3-5H2,1H3/t7-,8?,9?/m0/s1. The van der Waals surface area contributed by atoms with Crippen LogP contribution in [0.3, 0.4) is 0 Å². The van der Waals surface area contributed by atoms with E-state index in [1.54, 1.807) is 0 Å². The van der Waals surface area contributed by atoms with E-state index >= 15 is 0 Å². The van der Waals surface area contributed by atoms with Crippen molar-refractivity contribution in [3.8, 4) is 0 Å². The molecule has 2 heteroatoms. The van der Waals surface area contributed by atoms with Crippen molar-refractivity contribution >= 4 is 0 Å². The van der Waals surface area contributed by atoms with Crippen LogP contribution in [-0.4, -0.2) is 17.5 Å². The lowest BCUT2D eigenvalue weighted by Gasteiger charge is -2.17. The third kappa shape index (κ3) is 1.47. The van der Waals surface area contributed by atoms with Crippen LogP contribution in [0, 0.1) is 5.92 Å². The zero-order valence-electron chi connectivity index (χ0n) is 6.79. The molecule has 0 amide bonds. The maximum Gasteiger partial charge on any atom is 0.182 e. The molecule has 0 aromatic heterocycles. The van der Waals surface area contributed by atoms with Crippen molar-refractivity contribution in [1.82, 2.24) is 0 Å². The predicted molar refractivity (Wildman–Crippen MR) is 42.0 cm³/mol. The normalized spacial score (nSPS) is 43.5. The van der Waals surface area contributed by atoms with Gasteiger partial charge in [-0.25, -0.2) is 0 Å². The second kappa shape index (κ2) is 2.61. The second-order valence-corrected chi connectivity index (χ2v) is 3.58. The van der Waals surface area contributed by atoms with Crippen molar-refractivity contribution < 1.29 is 9.84 Å². The highest BCUT2D eigenvalue weighted by Gasteiger charge is 2.43. The maximum absolute atomic E-state index is 9.00. The first-order valence-electron chi connectivity index (χ1n) is 4.26. The van der Waals surface area contributed by atoms with Crippen molar-refractivity contribution in [1.29, 1.82) is 0 Å². The molecule has 0 saturated carbocycles. The Hall–Kier alpha value is -0.340. The van der Waals surface area contributed by atoms with Crippen molar-refractivity contribution in [2.75, 3.05) is 0 Å². The molecule has 1 aliphatic carbocycles. The summed E-state index contributed by atoms with van der Waals surface area (Å²) in [5.41, 5.74) is 1.48. The highest BCUT2D eigenvalue weighted by molar-refractivity contribution is 5.05. The largest absolute Gasteiger partial charge is 0.366 e. The lowest BCUT2D eigenvalue weighted by molar-refractivity contribution is 0.155. The van der Waals surface area contributed by atoms with Gasteiger partial charge < -0.3 is 9.84 Å². The summed E-state index contributed by atoms with van der Waals surface area (Å²) in [6.07, 6.45) is 5.42. The van der Waals surface area contributed by atoms with Crippen LogP contribution in [0.1, 0.15) is 26.2 Å². The molecule has 11 heavy (non-hydrogen) atoms. The van der Waals surface area contributed by atoms with Crippen molar-refractivity contribution in [2.24, 2.45) is 5.92 Å². The van der Waals surface area contributed by atoms with E-state index < -0.39 is 6.29 Å². The van der Waals surface area contributed by atoms with Gasteiger partial charge in [-0.1, -0.05) is 11.6 Å². The van der Waals surface area contributed by atoms with Crippen LogP contribution < -0.4 is 0 Å². The van der Waals surface area contributed by atoms with Crippen LogP contribution in [0.4, 0.5) is 0 Å². The van der Waals surface area contributed by atoms with Crippen LogP contribution in [0.5, 0.6) is 0 Å². The van der Waals surface area contributed by atoms with Crippen LogP contribution in [0.2, 0.25) is 0 Å². The second-order valence-electron chi connectivity index (χ2n) is 3.58. The number of hydrogen-bond donors (Lipinski definition) is 1. The zero-order chi connectivity index (χ0) is 7.84. The van der Waals surface area contributed by atoms with E-state index in [-0.39, 0.29) is 6.10 Å². The van der Waals surface area contributed by atoms with Crippen molar-refractivity contribution in [2.45, 2.75) is 38.6 Å². The summed E-state index contributed by atoms with van der Waals surface area (Å²) in [6.45, 7) is 2.17. The number of rotatable bonds is 1. The lowest BCUT2D eigenvalue weighted by atomic mass is 9.88. The smallest absolute Gasteiger partial charge is 0.182 e. The Balaban J connectivity index is 1.89. The Morgan fingerprint density at radius 3 is 2.82 bits per heavy atom. The molecule has 0 aromatic carbocycles. The number of aliphatic hydroxyl groups excluding tert-OH is 1. The molecular formula is C9H14O2. The summed E-state index contributed by atoms with van der Waals surface area (Å²) >= 11 is 0. The maximum atomic E-state index is 9.00. The molecular weight excluding hydrogens is 140 g/mol. The molecule has 1 heterocycles. The molecule has 62 valence electrons. The molecule has 2 unspecified atom stereocenters. The number of ether oxygens (including phenoxy) is 1. The summed E-state index contributed by atoms with van der Waals surface area (Å²) in [6, 6.07) is 0. The highest BCUT2D eigenvalue weighted by atomic mass is 16.7. The molecule has 1 aliphatic heterocycles. The first-order valence-corrected chi connectivity index (χ1v) is 4.26. The number of allylic oxidation sites excluding steroid dienone is 2. The van der Waals surface area contributed by atoms with Gasteiger partial charge in [-0.05, 0) is 32.1 Å². The summed E-state index contributed by atoms with van der Waals surface area (Å²) in [7, 11) is 0. The summed E-state index contributed by atoms with van der Waals surface area (Å²) in [4.78, 5) is 0. The molecule has 3 atom stereocenters. The third-order valence-corrected chi connectivity index (χ3v) is 2.64. The quantitative estimate of drug-likeness (QED) is 0.458. The first-order chi connectivity index (χ1) is 5.27. The Morgan fingerprint density at radius 1 is 1.64 bits per heavy atom. The van der Waals surface area contributed by atoms with Gasteiger partial charge in [0.2, 0.25) is 0 Å². The van der Waals surface area contributed by atoms with Crippen molar-refractivity contribution in [3.63, 3.8) is 0 Å². The Labute approximate surface area is 66.9 Å². The summed E-state index contributed by atoms with van der Waals surface area (Å²) in [5.74, 6) is 0.577. The summed E-state index contributed by atoms with van der Waals surface area (Å²) < 4.78 is 5.02. The molecule has 0 spiro atoms. The van der Waals surface area contributed by atoms with Crippen LogP contribution in [0.15, 0.2) is 11.6 Å². The summed E-state index contributed by atoms with van der Waals surface area (Å²) in [5, 5.41) is 9.00. The minimum atomic E-state index is -0.452. The molecule has 1 saturated heterocycles. The van der Waals surface area contributed by atoms with Crippen LogP contribution in [0.25, 0.3) is 0 Å². The van der Waals surface area contributed by atoms with Gasteiger partial charge >= 0.3 is 0 Å². The fraction of sp³-hybridized carbons (Fsp3) is 0.778. The first kappa shape index (κ1) is 7.32. The molecule has 0 bridgehead atoms. The number of epoxide rings is 1. The van der Waals surface area contributed by atoms with Gasteiger partial charge in [0.15, 0.2) is 6.29 Å². The van der Waals surface area contributed by atoms with Gasteiger partial charge in [0.05, 0.1) is 0 Å². The van der Waals surface area contributed by atoms with E-state index in [1.165, 1.54) is 18.4 Å². The molecule has 1 N–H and O–H groups in total. The topological polar surface area (TPSA) is 32.8 Å². The Morgan fingerprint density at radius 2 is 2.36 bits per heavy atom. The molecule has 0 aromatic rings. The predicted octanol–water partition coefficient (Wildman–Crippen LogP) is 1.45. The molecule has 2 nitrogen and oxygen atoms in total. The van der Waals surface area contributed by atoms with E-state index in [0.717, 1.165) is 6.42 Å². The molecule has 0 radical (unpaired) electrons. The minimum absolute atomic E-state index is 0.152. The average Bonchev–Trinajstić information content (AvgIpc) is 2.69. The number of hydrogen-bond acceptors (Lipinski definition) is 2. The zero-order valence-corrected chi connectivity index (χ0v) is 6.79. The van der Waals surface area contributed by atoms with E-state index in [2.05, 4.69) is 13.0 Å². The van der Waals surface area contributed by atoms with Crippen LogP contribution >= 0.6 is 0 Å². The van der Waals surface area contributed by atoms with E-state index in [4.69, 9.17) is 9.84 Å². The third-order valence-electron chi connectivity index (χ3n) is 2.64. The minimum Gasteiger partial charge on any atom is -0.366 e. The SMILES string of the molecule is CC1=CC[C@H](C2OC2O)CC1. The van der Waals surface area contributed by atoms with Crippen molar-refractivity contribution in [3.05, 3.63) is 11.6 Å². The molecule has 2 rings (SSSR count). The van der Waals surface area contributed by atoms with Crippen LogP contribution in [-0.2, 0) is 4.74 Å². The van der Waals surface area contributed by atoms with Gasteiger partial charge in [0, 0.05) is 0 Å². The lowest BCUT2D eigenvalue weighted by Crippen LogP contribution is -2.13. The number of aliphatic hydroxyl groups is 1. The fourth-order valence-electron chi connectivity index (χ4n) is 1.74. The van der Waals surface area contributed by atoms with E-state index in [1.807, 2.05) is 0 Å². The van der Waals surface area contributed by atoms with Gasteiger partial charge in [-0.2, -0.15) is 0 Å². The van der Waals surface area contributed by atoms with Gasteiger partial charge in [0.1, 0.15) is 6.10 Å². The molecule has 1 fully saturated rings. The average molecular weight is 154 g/mol. The van der Waals surface area contributed by atoms with Gasteiger partial charge in [-0.3, -0.25) is 0 Å². The van der Waals surface area contributed by atoms with E-state index in [0.29, 0.717) is 5.92 Å². The van der Waals surface area contributed by atoms with Gasteiger partial charge in [-0.15, -0.1) is 0 Å². The van der Waals surface area contributed by atoms with Gasteiger partial charge in [0.25, 0.3) is 0 Å². The monoisotopic (exact) mass is 154 g/mol. The Kier molecular flexibility index (Phi) is 1.74. The highest BCUT2D eigenvalue weighted by Crippen LogP contribution is 2.36. The fourth-order valence-corrected chi connectivity index (χ4v) is 1.74. The van der Waals surface area contributed by atoms with E-state index in [9.17, 15) is 0 Å². The Bertz CT molecular complexity index is 186. The molecule has 2 aliphatic rings.